The van der Waals surface area contributed by atoms with Crippen LogP contribution in [0, 0.1) is 11.8 Å². The number of carbonyl (C=O) groups is 1. The van der Waals surface area contributed by atoms with E-state index in [2.05, 4.69) is 10.3 Å². The van der Waals surface area contributed by atoms with E-state index in [1.807, 2.05) is 13.8 Å². The molecule has 4 heteroatoms. The molecule has 0 aromatic carbocycles. The largest absolute Gasteiger partial charge is 0.448 e. The quantitative estimate of drug-likeness (QED) is 0.835. The molecule has 1 N–H and O–H groups in total. The van der Waals surface area contributed by atoms with E-state index >= 15 is 0 Å². The van der Waals surface area contributed by atoms with Crippen LogP contribution in [0.2, 0.25) is 0 Å². The highest BCUT2D eigenvalue weighted by molar-refractivity contribution is 6.04. The minimum absolute atomic E-state index is 0.0191. The first-order chi connectivity index (χ1) is 8.66. The van der Waals surface area contributed by atoms with E-state index in [1.165, 1.54) is 25.7 Å². The summed E-state index contributed by atoms with van der Waals surface area (Å²) >= 11 is 0. The Labute approximate surface area is 108 Å². The first kappa shape index (κ1) is 12.0. The van der Waals surface area contributed by atoms with Gasteiger partial charge in [0.1, 0.15) is 0 Å². The Kier molecular flexibility index (Phi) is 2.83. The Hall–Kier alpha value is -1.06. The number of carbonyl (C=O) groups excluding carboxylic acids is 1. The fraction of sp³-hybridized carbons (Fsp3) is 0.857. The molecule has 3 rings (SSSR count). The van der Waals surface area contributed by atoms with Crippen molar-refractivity contribution in [3.8, 4) is 0 Å². The Morgan fingerprint density at radius 3 is 2.61 bits per heavy atom. The third-order valence-corrected chi connectivity index (χ3v) is 5.05. The van der Waals surface area contributed by atoms with Crippen LogP contribution in [0.5, 0.6) is 0 Å². The molecule has 4 nitrogen and oxygen atoms in total. The Morgan fingerprint density at radius 2 is 2.11 bits per heavy atom. The molecule has 100 valence electrons. The van der Waals surface area contributed by atoms with Crippen molar-refractivity contribution in [2.24, 2.45) is 16.8 Å². The molecule has 2 aliphatic carbocycles. The van der Waals surface area contributed by atoms with Crippen molar-refractivity contribution in [2.45, 2.75) is 64.0 Å². The van der Waals surface area contributed by atoms with E-state index in [9.17, 15) is 4.79 Å². The molecule has 3 atom stereocenters. The Bertz CT molecular complexity index is 387. The summed E-state index contributed by atoms with van der Waals surface area (Å²) in [4.78, 5) is 16.6. The summed E-state index contributed by atoms with van der Waals surface area (Å²) < 4.78 is 5.82. The first-order valence-corrected chi connectivity index (χ1v) is 7.25. The molecule has 0 aromatic rings. The van der Waals surface area contributed by atoms with Gasteiger partial charge in [-0.15, -0.1) is 0 Å². The minimum Gasteiger partial charge on any atom is -0.448 e. The number of hydrogen-bond donors (Lipinski definition) is 1. The smallest absolute Gasteiger partial charge is 0.292 e. The number of amides is 1. The van der Waals surface area contributed by atoms with Crippen LogP contribution >= 0.6 is 0 Å². The van der Waals surface area contributed by atoms with Gasteiger partial charge in [-0.3, -0.25) is 10.1 Å². The van der Waals surface area contributed by atoms with E-state index in [-0.39, 0.29) is 5.91 Å². The average molecular weight is 250 g/mol. The molecular weight excluding hydrogens is 228 g/mol. The molecule has 3 aliphatic rings. The molecule has 0 spiro atoms. The van der Waals surface area contributed by atoms with Crippen molar-refractivity contribution >= 4 is 11.9 Å². The standard InChI is InChI=1S/C14H22N2O2/c1-3-14(4-2)12(17)16-13(18-14)15-11-8-9-5-6-10(11)7-9/h9-11H,3-8H2,1-2H3,(H,15,16,17). The number of rotatable bonds is 3. The number of amidine groups is 1. The Morgan fingerprint density at radius 1 is 1.33 bits per heavy atom. The molecule has 0 aromatic heterocycles. The summed E-state index contributed by atoms with van der Waals surface area (Å²) in [6.45, 7) is 3.98. The van der Waals surface area contributed by atoms with Crippen LogP contribution in [-0.2, 0) is 9.53 Å². The van der Waals surface area contributed by atoms with Crippen LogP contribution < -0.4 is 5.32 Å². The van der Waals surface area contributed by atoms with Crippen molar-refractivity contribution in [3.05, 3.63) is 0 Å². The predicted molar refractivity (Wildman–Crippen MR) is 69.2 cm³/mol. The van der Waals surface area contributed by atoms with Crippen molar-refractivity contribution in [2.75, 3.05) is 0 Å². The van der Waals surface area contributed by atoms with Gasteiger partial charge in [0.05, 0.1) is 6.04 Å². The normalized spacial score (nSPS) is 39.1. The summed E-state index contributed by atoms with van der Waals surface area (Å²) in [6, 6.07) is 0.852. The van der Waals surface area contributed by atoms with Crippen molar-refractivity contribution in [3.63, 3.8) is 0 Å². The highest BCUT2D eigenvalue weighted by Gasteiger charge is 2.46. The zero-order valence-corrected chi connectivity index (χ0v) is 11.2. The fourth-order valence-corrected chi connectivity index (χ4v) is 3.76. The molecule has 1 amide bonds. The topological polar surface area (TPSA) is 50.7 Å². The van der Waals surface area contributed by atoms with Gasteiger partial charge < -0.3 is 4.74 Å². The summed E-state index contributed by atoms with van der Waals surface area (Å²) in [5.41, 5.74) is -0.670. The number of aliphatic imine (C=N–C) groups is 1. The van der Waals surface area contributed by atoms with Gasteiger partial charge in [0.15, 0.2) is 5.60 Å². The van der Waals surface area contributed by atoms with Gasteiger partial charge in [0, 0.05) is 0 Å². The molecule has 1 saturated heterocycles. The monoisotopic (exact) mass is 250 g/mol. The number of fused-ring (bicyclic) bond motifs is 2. The van der Waals surface area contributed by atoms with Crippen LogP contribution in [0.25, 0.3) is 0 Å². The van der Waals surface area contributed by atoms with Crippen molar-refractivity contribution < 1.29 is 9.53 Å². The maximum atomic E-state index is 12.0. The lowest BCUT2D eigenvalue weighted by molar-refractivity contribution is -0.131. The molecule has 1 aliphatic heterocycles. The van der Waals surface area contributed by atoms with Crippen LogP contribution in [0.4, 0.5) is 0 Å². The lowest BCUT2D eigenvalue weighted by Crippen LogP contribution is -2.37. The van der Waals surface area contributed by atoms with E-state index in [4.69, 9.17) is 4.74 Å². The molecule has 18 heavy (non-hydrogen) atoms. The van der Waals surface area contributed by atoms with E-state index in [0.29, 0.717) is 24.9 Å². The van der Waals surface area contributed by atoms with Gasteiger partial charge in [-0.1, -0.05) is 20.3 Å². The van der Waals surface area contributed by atoms with Gasteiger partial charge in [0.25, 0.3) is 11.9 Å². The lowest BCUT2D eigenvalue weighted by Gasteiger charge is -2.22. The highest BCUT2D eigenvalue weighted by atomic mass is 16.5. The number of nitrogens with one attached hydrogen (secondary N) is 1. The Balaban J connectivity index is 1.73. The highest BCUT2D eigenvalue weighted by Crippen LogP contribution is 2.46. The number of hydrogen-bond acceptors (Lipinski definition) is 3. The predicted octanol–water partition coefficient (Wildman–Crippen LogP) is 2.24. The van der Waals surface area contributed by atoms with Crippen LogP contribution in [0.1, 0.15) is 52.4 Å². The van der Waals surface area contributed by atoms with Gasteiger partial charge in [-0.2, -0.15) is 0 Å². The summed E-state index contributed by atoms with van der Waals surface area (Å²) in [5, 5.41) is 2.82. The number of nitrogens with zero attached hydrogens (tertiary/aromatic N) is 1. The van der Waals surface area contributed by atoms with Gasteiger partial charge >= 0.3 is 0 Å². The second-order valence-electron chi connectivity index (χ2n) is 5.93. The van der Waals surface area contributed by atoms with E-state index in [0.717, 1.165) is 11.8 Å². The van der Waals surface area contributed by atoms with Crippen LogP contribution in [0.15, 0.2) is 4.99 Å². The molecule has 2 saturated carbocycles. The summed E-state index contributed by atoms with van der Waals surface area (Å²) in [7, 11) is 0. The fourth-order valence-electron chi connectivity index (χ4n) is 3.76. The van der Waals surface area contributed by atoms with E-state index < -0.39 is 5.60 Å². The molecule has 2 bridgehead atoms. The average Bonchev–Trinajstić information content (AvgIpc) is 3.04. The van der Waals surface area contributed by atoms with Gasteiger partial charge in [-0.05, 0) is 43.9 Å². The third kappa shape index (κ3) is 1.73. The zero-order chi connectivity index (χ0) is 12.8. The molecular formula is C14H22N2O2. The molecule has 0 radical (unpaired) electrons. The van der Waals surface area contributed by atoms with Gasteiger partial charge in [0.2, 0.25) is 0 Å². The second kappa shape index (κ2) is 4.25. The SMILES string of the molecule is CCC1(CC)OC(=NC2CC3CCC2C3)NC1=O. The van der Waals surface area contributed by atoms with Crippen LogP contribution in [0.3, 0.4) is 0 Å². The summed E-state index contributed by atoms with van der Waals surface area (Å²) in [5.74, 6) is 1.57. The third-order valence-electron chi connectivity index (χ3n) is 5.05. The van der Waals surface area contributed by atoms with Crippen molar-refractivity contribution in [1.82, 2.24) is 5.32 Å². The molecule has 3 fully saturated rings. The van der Waals surface area contributed by atoms with Gasteiger partial charge in [-0.25, -0.2) is 4.99 Å². The van der Waals surface area contributed by atoms with Crippen LogP contribution in [-0.4, -0.2) is 23.6 Å². The second-order valence-corrected chi connectivity index (χ2v) is 5.93. The maximum absolute atomic E-state index is 12.0. The number of ether oxygens (including phenoxy) is 1. The maximum Gasteiger partial charge on any atom is 0.292 e. The molecule has 3 unspecified atom stereocenters. The minimum atomic E-state index is -0.670. The van der Waals surface area contributed by atoms with Crippen molar-refractivity contribution in [1.29, 1.82) is 0 Å². The zero-order valence-electron chi connectivity index (χ0n) is 11.2. The molecule has 1 heterocycles. The summed E-state index contributed by atoms with van der Waals surface area (Å²) in [6.07, 6.45) is 6.57. The lowest BCUT2D eigenvalue weighted by atomic mass is 9.96. The first-order valence-electron chi connectivity index (χ1n) is 7.25. The van der Waals surface area contributed by atoms with E-state index in [1.54, 1.807) is 0 Å².